The van der Waals surface area contributed by atoms with Crippen molar-refractivity contribution in [1.82, 2.24) is 0 Å². The summed E-state index contributed by atoms with van der Waals surface area (Å²) in [4.78, 5) is 12.3. The van der Waals surface area contributed by atoms with Crippen molar-refractivity contribution < 1.29 is 32.3 Å². The Morgan fingerprint density at radius 2 is 1.30 bits per heavy atom. The largest absolute Gasteiger partial charge is 0.469 e. The van der Waals surface area contributed by atoms with Crippen LogP contribution in [0.2, 0.25) is 54.4 Å². The lowest BCUT2D eigenvalue weighted by atomic mass is 9.87. The molecule has 7 nitrogen and oxygen atoms in total. The van der Waals surface area contributed by atoms with Crippen LogP contribution in [0.5, 0.6) is 0 Å². The third-order valence-electron chi connectivity index (χ3n) is 10.6. The highest BCUT2D eigenvalue weighted by atomic mass is 127. The SMILES string of the molecule is COC(=O)C[C@H]1CC[C@@H]2O[C@@H]([C@H](C#CI)O[Si](C)(C)C(C)(C)C)[C@@H](O[Si](C)(C)C(C)(C)C)[C@@H](O[Si](C)(C)C(C)(C)C)[C@H]2O1. The van der Waals surface area contributed by atoms with Gasteiger partial charge in [-0.3, -0.25) is 4.79 Å². The molecule has 0 radical (unpaired) electrons. The summed E-state index contributed by atoms with van der Waals surface area (Å²) >= 11 is 2.11. The Hall–Kier alpha value is 0.211. The molecule has 7 atom stereocenters. The number of halogens is 1. The van der Waals surface area contributed by atoms with E-state index in [9.17, 15) is 4.79 Å². The normalized spacial score (nSPS) is 28.4. The molecule has 0 amide bonds. The molecule has 43 heavy (non-hydrogen) atoms. The third kappa shape index (κ3) is 9.62. The number of ether oxygens (including phenoxy) is 3. The Morgan fingerprint density at radius 3 is 1.74 bits per heavy atom. The molecule has 250 valence electrons. The van der Waals surface area contributed by atoms with E-state index in [0.717, 1.165) is 6.42 Å². The fourth-order valence-electron chi connectivity index (χ4n) is 4.67. The fraction of sp³-hybridized carbons (Fsp3) is 0.906. The van der Waals surface area contributed by atoms with E-state index in [1.165, 1.54) is 7.11 Å². The van der Waals surface area contributed by atoms with E-state index in [-0.39, 0.29) is 45.8 Å². The zero-order valence-electron chi connectivity index (χ0n) is 29.9. The van der Waals surface area contributed by atoms with Gasteiger partial charge in [0.15, 0.2) is 25.0 Å². The first kappa shape index (κ1) is 39.4. The topological polar surface area (TPSA) is 72.5 Å². The summed E-state index contributed by atoms with van der Waals surface area (Å²) in [6.45, 7) is 33.9. The number of hydrogen-bond acceptors (Lipinski definition) is 7. The third-order valence-corrected chi connectivity index (χ3v) is 24.3. The van der Waals surface area contributed by atoms with Gasteiger partial charge in [0.25, 0.3) is 0 Å². The van der Waals surface area contributed by atoms with Crippen LogP contribution in [0.15, 0.2) is 0 Å². The maximum Gasteiger partial charge on any atom is 0.308 e. The van der Waals surface area contributed by atoms with Gasteiger partial charge in [-0.1, -0.05) is 68.2 Å². The van der Waals surface area contributed by atoms with Crippen LogP contribution in [0.1, 0.15) is 81.6 Å². The number of fused-ring (bicyclic) bond motifs is 1. The predicted octanol–water partition coefficient (Wildman–Crippen LogP) is 8.43. The van der Waals surface area contributed by atoms with Crippen molar-refractivity contribution in [3.05, 3.63) is 0 Å². The van der Waals surface area contributed by atoms with Crippen molar-refractivity contribution in [3.8, 4) is 9.85 Å². The first-order valence-electron chi connectivity index (χ1n) is 15.8. The van der Waals surface area contributed by atoms with Crippen LogP contribution in [-0.4, -0.2) is 80.8 Å². The van der Waals surface area contributed by atoms with Crippen molar-refractivity contribution in [1.29, 1.82) is 0 Å². The van der Waals surface area contributed by atoms with Gasteiger partial charge in [-0.05, 0) is 71.2 Å². The highest BCUT2D eigenvalue weighted by Crippen LogP contribution is 2.47. The second kappa shape index (κ2) is 14.1. The number of hydrogen-bond donors (Lipinski definition) is 0. The van der Waals surface area contributed by atoms with Crippen LogP contribution < -0.4 is 0 Å². The molecule has 0 aromatic heterocycles. The molecule has 0 spiro atoms. The molecule has 2 saturated heterocycles. The number of methoxy groups -OCH3 is 1. The smallest absolute Gasteiger partial charge is 0.308 e. The molecular formula is C32H61IO7Si3. The van der Waals surface area contributed by atoms with Crippen LogP contribution in [0.4, 0.5) is 0 Å². The van der Waals surface area contributed by atoms with Crippen LogP contribution in [-0.2, 0) is 32.3 Å². The predicted molar refractivity (Wildman–Crippen MR) is 191 cm³/mol. The van der Waals surface area contributed by atoms with Gasteiger partial charge in [0, 0.05) is 22.6 Å². The maximum absolute atomic E-state index is 12.3. The molecule has 0 aromatic carbocycles. The first-order chi connectivity index (χ1) is 19.3. The van der Waals surface area contributed by atoms with E-state index < -0.39 is 49.4 Å². The molecule has 2 fully saturated rings. The lowest BCUT2D eigenvalue weighted by molar-refractivity contribution is -0.266. The van der Waals surface area contributed by atoms with Gasteiger partial charge in [0.2, 0.25) is 0 Å². The van der Waals surface area contributed by atoms with Crippen molar-refractivity contribution in [2.45, 2.75) is 179 Å². The number of carbonyl (C=O) groups excluding carboxylic acids is 1. The fourth-order valence-corrected chi connectivity index (χ4v) is 8.76. The Morgan fingerprint density at radius 1 is 0.814 bits per heavy atom. The monoisotopic (exact) mass is 768 g/mol. The molecule has 0 bridgehead atoms. The van der Waals surface area contributed by atoms with Crippen LogP contribution in [0, 0.1) is 9.85 Å². The highest BCUT2D eigenvalue weighted by molar-refractivity contribution is 14.1. The molecule has 0 aromatic rings. The van der Waals surface area contributed by atoms with E-state index in [1.807, 2.05) is 0 Å². The lowest BCUT2D eigenvalue weighted by Crippen LogP contribution is -2.69. The van der Waals surface area contributed by atoms with Crippen LogP contribution in [0.3, 0.4) is 0 Å². The van der Waals surface area contributed by atoms with Crippen molar-refractivity contribution >= 4 is 53.5 Å². The molecule has 0 saturated carbocycles. The molecule has 0 unspecified atom stereocenters. The summed E-state index contributed by atoms with van der Waals surface area (Å²) in [7, 11) is -5.46. The minimum Gasteiger partial charge on any atom is -0.469 e. The van der Waals surface area contributed by atoms with Crippen molar-refractivity contribution in [2.75, 3.05) is 7.11 Å². The van der Waals surface area contributed by atoms with Crippen molar-refractivity contribution in [2.24, 2.45) is 0 Å². The maximum atomic E-state index is 12.3. The quantitative estimate of drug-likeness (QED) is 0.101. The van der Waals surface area contributed by atoms with Gasteiger partial charge in [-0.25, -0.2) is 0 Å². The Balaban J connectivity index is 2.74. The Kier molecular flexibility index (Phi) is 12.9. The minimum absolute atomic E-state index is 0.00269. The van der Waals surface area contributed by atoms with Gasteiger partial charge in [0.1, 0.15) is 30.5 Å². The van der Waals surface area contributed by atoms with Crippen LogP contribution in [0.25, 0.3) is 0 Å². The standard InChI is InChI=1S/C32H61IO7Si3/c1-30(2,3)41(11,12)38-24(19-20-33)27-29(40-43(15,16)32(7,8)9)28(39-42(13,14)31(4,5)6)26-23(37-27)18-17-22(36-26)21-25(34)35-10/h22-24,26-29H,17-18,21H2,1-16H3/t22-,23+,24+,26+,27+,28+,29-/m1/s1. The molecule has 2 rings (SSSR count). The van der Waals surface area contributed by atoms with E-state index in [4.69, 9.17) is 27.5 Å². The number of carbonyl (C=O) groups is 1. The average Bonchev–Trinajstić information content (AvgIpc) is 2.82. The zero-order chi connectivity index (χ0) is 33.4. The average molecular weight is 769 g/mol. The summed E-state index contributed by atoms with van der Waals surface area (Å²) < 4.78 is 43.6. The number of rotatable bonds is 9. The number of esters is 1. The van der Waals surface area contributed by atoms with Crippen LogP contribution >= 0.6 is 22.6 Å². The summed E-state index contributed by atoms with van der Waals surface area (Å²) in [6, 6.07) is 0. The van der Waals surface area contributed by atoms with Gasteiger partial charge < -0.3 is 27.5 Å². The van der Waals surface area contributed by atoms with E-state index in [2.05, 4.69) is 134 Å². The second-order valence-corrected chi connectivity index (χ2v) is 31.8. The van der Waals surface area contributed by atoms with E-state index in [1.54, 1.807) is 0 Å². The highest BCUT2D eigenvalue weighted by Gasteiger charge is 2.58. The molecule has 11 heteroatoms. The van der Waals surface area contributed by atoms with Gasteiger partial charge in [-0.2, -0.15) is 0 Å². The summed E-state index contributed by atoms with van der Waals surface area (Å²) in [6.07, 6.45) is -1.01. The lowest BCUT2D eigenvalue weighted by Gasteiger charge is -2.55. The molecular weight excluding hydrogens is 708 g/mol. The molecule has 2 aliphatic heterocycles. The molecule has 0 aliphatic carbocycles. The molecule has 2 heterocycles. The van der Waals surface area contributed by atoms with Crippen molar-refractivity contribution in [3.63, 3.8) is 0 Å². The van der Waals surface area contributed by atoms with E-state index in [0.29, 0.717) is 6.42 Å². The second-order valence-electron chi connectivity index (χ2n) is 16.9. The first-order valence-corrected chi connectivity index (χ1v) is 25.6. The Bertz CT molecular complexity index is 1020. The zero-order valence-corrected chi connectivity index (χ0v) is 35.1. The minimum atomic E-state index is -2.34. The van der Waals surface area contributed by atoms with Gasteiger partial charge in [0.05, 0.1) is 25.7 Å². The summed E-state index contributed by atoms with van der Waals surface area (Å²) in [5, 5.41) is -0.0737. The molecule has 0 N–H and O–H groups in total. The molecule has 2 aliphatic rings. The van der Waals surface area contributed by atoms with Gasteiger partial charge in [-0.15, -0.1) is 0 Å². The van der Waals surface area contributed by atoms with E-state index >= 15 is 0 Å². The van der Waals surface area contributed by atoms with Gasteiger partial charge >= 0.3 is 5.97 Å². The summed E-state index contributed by atoms with van der Waals surface area (Å²) in [5.74, 6) is 3.13. The summed E-state index contributed by atoms with van der Waals surface area (Å²) in [5.41, 5.74) is 0. The Labute approximate surface area is 280 Å².